The van der Waals surface area contributed by atoms with E-state index in [1.807, 2.05) is 36.4 Å². The summed E-state index contributed by atoms with van der Waals surface area (Å²) in [5, 5.41) is 5.87. The summed E-state index contributed by atoms with van der Waals surface area (Å²) in [5.74, 6) is -0.429. The maximum atomic E-state index is 12.8. The zero-order valence-electron chi connectivity index (χ0n) is 15.5. The Morgan fingerprint density at radius 3 is 2.31 bits per heavy atom. The van der Waals surface area contributed by atoms with Gasteiger partial charge in [0.25, 0.3) is 0 Å². The van der Waals surface area contributed by atoms with Crippen LogP contribution in [-0.4, -0.2) is 16.8 Å². The van der Waals surface area contributed by atoms with Crippen LogP contribution in [0.25, 0.3) is 0 Å². The second-order valence-corrected chi connectivity index (χ2v) is 7.87. The number of hydrogen-bond acceptors (Lipinski definition) is 3. The number of hydrogen-bond donors (Lipinski definition) is 2. The molecule has 3 rings (SSSR count). The quantitative estimate of drug-likeness (QED) is 0.811. The normalized spacial score (nSPS) is 15.2. The summed E-state index contributed by atoms with van der Waals surface area (Å²) in [5.41, 5.74) is 1.75. The van der Waals surface area contributed by atoms with E-state index in [1.54, 1.807) is 12.4 Å². The first-order valence-corrected chi connectivity index (χ1v) is 8.91. The Balaban J connectivity index is 1.69. The molecule has 0 unspecified atom stereocenters. The van der Waals surface area contributed by atoms with Crippen LogP contribution in [0.1, 0.15) is 44.7 Å². The predicted molar refractivity (Wildman–Crippen MR) is 102 cm³/mol. The van der Waals surface area contributed by atoms with E-state index < -0.39 is 5.41 Å². The highest BCUT2D eigenvalue weighted by Crippen LogP contribution is 2.47. The fourth-order valence-electron chi connectivity index (χ4n) is 3.02. The van der Waals surface area contributed by atoms with E-state index in [4.69, 9.17) is 0 Å². The lowest BCUT2D eigenvalue weighted by molar-refractivity contribution is -0.134. The number of aromatic nitrogens is 1. The van der Waals surface area contributed by atoms with Crippen LogP contribution in [0.15, 0.2) is 48.8 Å². The number of rotatable bonds is 5. The van der Waals surface area contributed by atoms with Gasteiger partial charge in [-0.25, -0.2) is 0 Å². The molecular formula is C21H25N3O2. The number of pyridine rings is 1. The second-order valence-electron chi connectivity index (χ2n) is 7.87. The van der Waals surface area contributed by atoms with Gasteiger partial charge in [0.15, 0.2) is 0 Å². The Hall–Kier alpha value is -2.69. The highest BCUT2D eigenvalue weighted by atomic mass is 16.2. The lowest BCUT2D eigenvalue weighted by Gasteiger charge is -2.24. The molecule has 1 aromatic carbocycles. The average Bonchev–Trinajstić information content (AvgIpc) is 3.42. The Kier molecular flexibility index (Phi) is 4.81. The summed E-state index contributed by atoms with van der Waals surface area (Å²) in [6, 6.07) is 11.5. The van der Waals surface area contributed by atoms with Crippen molar-refractivity contribution >= 4 is 17.5 Å². The first-order chi connectivity index (χ1) is 12.3. The molecule has 1 aliphatic rings. The zero-order valence-corrected chi connectivity index (χ0v) is 15.5. The maximum Gasteiger partial charge on any atom is 0.240 e. The molecule has 5 heteroatoms. The molecule has 0 spiro atoms. The van der Waals surface area contributed by atoms with Gasteiger partial charge in [0.2, 0.25) is 11.8 Å². The number of nitrogens with one attached hydrogen (secondary N) is 2. The lowest BCUT2D eigenvalue weighted by Crippen LogP contribution is -2.40. The van der Waals surface area contributed by atoms with Crippen LogP contribution in [0, 0.1) is 5.41 Å². The number of carbonyl (C=O) groups excluding carboxylic acids is 2. The molecular weight excluding hydrogens is 326 g/mol. The van der Waals surface area contributed by atoms with Gasteiger partial charge < -0.3 is 10.6 Å². The largest absolute Gasteiger partial charge is 0.351 e. The smallest absolute Gasteiger partial charge is 0.240 e. The molecule has 2 amide bonds. The van der Waals surface area contributed by atoms with Crippen LogP contribution < -0.4 is 10.6 Å². The van der Waals surface area contributed by atoms with Gasteiger partial charge in [-0.05, 0) is 47.6 Å². The molecule has 1 fully saturated rings. The average molecular weight is 351 g/mol. The Labute approximate surface area is 154 Å². The van der Waals surface area contributed by atoms with Crippen LogP contribution >= 0.6 is 0 Å². The van der Waals surface area contributed by atoms with Gasteiger partial charge in [0, 0.05) is 24.6 Å². The molecule has 1 heterocycles. The minimum absolute atomic E-state index is 0.0931. The fraction of sp³-hybridized carbons (Fsp3) is 0.381. The summed E-state index contributed by atoms with van der Waals surface area (Å²) in [6.45, 7) is 6.71. The van der Waals surface area contributed by atoms with E-state index in [-0.39, 0.29) is 17.2 Å². The minimum Gasteiger partial charge on any atom is -0.351 e. The van der Waals surface area contributed by atoms with E-state index in [0.29, 0.717) is 19.4 Å². The SMILES string of the molecule is CC(C)(C)c1ccccc1NC(=O)C1(C(=O)NCc2ccncc2)CC1. The molecule has 2 N–H and O–H groups in total. The van der Waals surface area contributed by atoms with Crippen LogP contribution in [0.3, 0.4) is 0 Å². The van der Waals surface area contributed by atoms with Crippen molar-refractivity contribution in [2.75, 3.05) is 5.32 Å². The maximum absolute atomic E-state index is 12.8. The molecule has 1 aliphatic carbocycles. The van der Waals surface area contributed by atoms with E-state index in [1.165, 1.54) is 0 Å². The monoisotopic (exact) mass is 351 g/mol. The second kappa shape index (κ2) is 6.90. The van der Waals surface area contributed by atoms with Crippen molar-refractivity contribution in [1.29, 1.82) is 0 Å². The van der Waals surface area contributed by atoms with Crippen molar-refractivity contribution < 1.29 is 9.59 Å². The summed E-state index contributed by atoms with van der Waals surface area (Å²) >= 11 is 0. The van der Waals surface area contributed by atoms with Gasteiger partial charge in [-0.1, -0.05) is 39.0 Å². The molecule has 1 aromatic heterocycles. The minimum atomic E-state index is -0.946. The summed E-state index contributed by atoms with van der Waals surface area (Å²) in [4.78, 5) is 29.4. The molecule has 2 aromatic rings. The molecule has 136 valence electrons. The van der Waals surface area contributed by atoms with Crippen LogP contribution in [0.4, 0.5) is 5.69 Å². The van der Waals surface area contributed by atoms with Crippen molar-refractivity contribution in [3.05, 3.63) is 59.9 Å². The van der Waals surface area contributed by atoms with Crippen molar-refractivity contribution in [3.8, 4) is 0 Å². The highest BCUT2D eigenvalue weighted by Gasteiger charge is 2.56. The Bertz CT molecular complexity index is 806. The summed E-state index contributed by atoms with van der Waals surface area (Å²) < 4.78 is 0. The Morgan fingerprint density at radius 1 is 1.04 bits per heavy atom. The van der Waals surface area contributed by atoms with Gasteiger partial charge in [-0.15, -0.1) is 0 Å². The first-order valence-electron chi connectivity index (χ1n) is 8.91. The van der Waals surface area contributed by atoms with Crippen molar-refractivity contribution in [3.63, 3.8) is 0 Å². The molecule has 26 heavy (non-hydrogen) atoms. The highest BCUT2D eigenvalue weighted by molar-refractivity contribution is 6.13. The van der Waals surface area contributed by atoms with Crippen LogP contribution in [0.5, 0.6) is 0 Å². The van der Waals surface area contributed by atoms with E-state index in [2.05, 4.69) is 36.4 Å². The molecule has 0 bridgehead atoms. The fourth-order valence-corrected chi connectivity index (χ4v) is 3.02. The first kappa shape index (κ1) is 18.1. The lowest BCUT2D eigenvalue weighted by atomic mass is 9.85. The van der Waals surface area contributed by atoms with Gasteiger partial charge in [0.1, 0.15) is 5.41 Å². The van der Waals surface area contributed by atoms with E-state index in [9.17, 15) is 9.59 Å². The summed E-state index contributed by atoms with van der Waals surface area (Å²) in [7, 11) is 0. The topological polar surface area (TPSA) is 71.1 Å². The van der Waals surface area contributed by atoms with Crippen LogP contribution in [-0.2, 0) is 21.5 Å². The number of para-hydroxylation sites is 1. The molecule has 0 radical (unpaired) electrons. The standard InChI is InChI=1S/C21H25N3O2/c1-20(2,3)16-6-4-5-7-17(16)24-19(26)21(10-11-21)18(25)23-14-15-8-12-22-13-9-15/h4-9,12-13H,10-11,14H2,1-3H3,(H,23,25)(H,24,26). The van der Waals surface area contributed by atoms with Crippen molar-refractivity contribution in [1.82, 2.24) is 10.3 Å². The third-order valence-electron chi connectivity index (χ3n) is 4.80. The van der Waals surface area contributed by atoms with E-state index in [0.717, 1.165) is 16.8 Å². The van der Waals surface area contributed by atoms with Gasteiger partial charge in [-0.2, -0.15) is 0 Å². The van der Waals surface area contributed by atoms with E-state index >= 15 is 0 Å². The zero-order chi connectivity index (χ0) is 18.8. The molecule has 5 nitrogen and oxygen atoms in total. The van der Waals surface area contributed by atoms with Gasteiger partial charge in [0.05, 0.1) is 0 Å². The molecule has 0 atom stereocenters. The number of anilines is 1. The number of benzene rings is 1. The molecule has 0 saturated heterocycles. The number of amides is 2. The predicted octanol–water partition coefficient (Wildman–Crippen LogP) is 3.41. The van der Waals surface area contributed by atoms with Crippen molar-refractivity contribution in [2.24, 2.45) is 5.41 Å². The third-order valence-corrected chi connectivity index (χ3v) is 4.80. The number of nitrogens with zero attached hydrogens (tertiary/aromatic N) is 1. The van der Waals surface area contributed by atoms with Gasteiger partial charge in [-0.3, -0.25) is 14.6 Å². The van der Waals surface area contributed by atoms with Crippen LogP contribution in [0.2, 0.25) is 0 Å². The van der Waals surface area contributed by atoms with Crippen molar-refractivity contribution in [2.45, 2.75) is 45.6 Å². The molecule has 1 saturated carbocycles. The van der Waals surface area contributed by atoms with Gasteiger partial charge >= 0.3 is 0 Å². The third kappa shape index (κ3) is 3.77. The number of carbonyl (C=O) groups is 2. The summed E-state index contributed by atoms with van der Waals surface area (Å²) in [6.07, 6.45) is 4.53. The molecule has 0 aliphatic heterocycles. The Morgan fingerprint density at radius 2 is 1.69 bits per heavy atom.